The summed E-state index contributed by atoms with van der Waals surface area (Å²) >= 11 is 0. The molecule has 0 unspecified atom stereocenters. The molecule has 1 N–H and O–H groups in total. The molecule has 13 rings (SSSR count). The summed E-state index contributed by atoms with van der Waals surface area (Å²) < 4.78 is 13.8. The summed E-state index contributed by atoms with van der Waals surface area (Å²) in [6.07, 6.45) is 3.32. The van der Waals surface area contributed by atoms with E-state index >= 15 is 19.2 Å². The Morgan fingerprint density at radius 3 is 1.12 bits per heavy atom. The van der Waals surface area contributed by atoms with Crippen molar-refractivity contribution in [1.82, 2.24) is 0 Å². The smallest absolute Gasteiger partial charge is 0.339 e. The van der Waals surface area contributed by atoms with Crippen LogP contribution < -0.4 is 19.3 Å². The summed E-state index contributed by atoms with van der Waals surface area (Å²) in [6, 6.07) is 33.2. The molecule has 10 heteroatoms. The van der Waals surface area contributed by atoms with Gasteiger partial charge in [0.25, 0.3) is 23.6 Å². The second kappa shape index (κ2) is 18.1. The summed E-state index contributed by atoms with van der Waals surface area (Å²) in [7, 11) is 0. The minimum atomic E-state index is -1.14. The van der Waals surface area contributed by atoms with Crippen molar-refractivity contribution in [2.45, 2.75) is 169 Å². The van der Waals surface area contributed by atoms with Gasteiger partial charge in [0.05, 0.1) is 11.4 Å². The zero-order valence-electron chi connectivity index (χ0n) is 51.8. The average molecular weight is 1130 g/mol. The van der Waals surface area contributed by atoms with Crippen molar-refractivity contribution in [3.63, 3.8) is 0 Å². The highest BCUT2D eigenvalue weighted by Crippen LogP contribution is 2.58. The molecule has 0 aromatic heterocycles. The molecule has 0 fully saturated rings. The second-order valence-electron chi connectivity index (χ2n) is 28.1. The Morgan fingerprint density at radius 2 is 0.741 bits per heavy atom. The van der Waals surface area contributed by atoms with Crippen LogP contribution in [0.1, 0.15) is 233 Å². The quantitative estimate of drug-likeness (QED) is 0.0770. The molecule has 432 valence electrons. The highest BCUT2D eigenvalue weighted by Gasteiger charge is 2.47. The largest absolute Gasteiger partial charge is 0.478 e. The second-order valence-corrected chi connectivity index (χ2v) is 28.1. The molecule has 0 aliphatic carbocycles. The molecule has 9 aromatic carbocycles. The number of ether oxygens (including phenoxy) is 2. The summed E-state index contributed by atoms with van der Waals surface area (Å²) in [4.78, 5) is 78.2. The van der Waals surface area contributed by atoms with Crippen LogP contribution in [0.3, 0.4) is 0 Å². The van der Waals surface area contributed by atoms with E-state index in [9.17, 15) is 9.90 Å². The van der Waals surface area contributed by atoms with Gasteiger partial charge in [-0.1, -0.05) is 165 Å². The van der Waals surface area contributed by atoms with Crippen molar-refractivity contribution < 1.29 is 38.6 Å². The third-order valence-corrected chi connectivity index (χ3v) is 21.3. The van der Waals surface area contributed by atoms with Crippen LogP contribution in [0, 0.1) is 0 Å². The summed E-state index contributed by atoms with van der Waals surface area (Å²) in [6.45, 7) is 34.4. The molecule has 9 aromatic rings. The normalized spacial score (nSPS) is 16.2. The monoisotopic (exact) mass is 1130 g/mol. The van der Waals surface area contributed by atoms with Gasteiger partial charge in [0.1, 0.15) is 17.1 Å². The highest BCUT2D eigenvalue weighted by molar-refractivity contribution is 6.45. The van der Waals surface area contributed by atoms with Gasteiger partial charge in [-0.15, -0.1) is 0 Å². The standard InChI is InChI=1S/C75H74N2O8/c1-17-70(5,6)38-21-30-57-51(32-38)74(13,14)53-34-40(72(9,10)19-3)36-55(63(53)84-57)76-65(78)46-26-22-42-44-24-28-48-61-49(29-25-45(59(44)61)43-23-27-47(66(76)79)60(46)58(42)43)68(81)77(67(48)80)56-37-41(73(11,12)20-4)35-54-64(56)85-62-50(69(82)83)31-39(71(7,8)18-2)33-52(62)75(54,15)16/h21-37H,17-20H2,1-16H3,(H,82,83). The van der Waals surface area contributed by atoms with Crippen molar-refractivity contribution in [3.8, 4) is 23.0 Å². The van der Waals surface area contributed by atoms with E-state index in [1.54, 1.807) is 18.2 Å². The van der Waals surface area contributed by atoms with Crippen molar-refractivity contribution in [2.24, 2.45) is 0 Å². The topological polar surface area (TPSA) is 131 Å². The maximum Gasteiger partial charge on any atom is 0.339 e. The Balaban J connectivity index is 0.953. The predicted octanol–water partition coefficient (Wildman–Crippen LogP) is 18.7. The van der Waals surface area contributed by atoms with Crippen LogP contribution in [0.15, 0.2) is 103 Å². The number of carbonyl (C=O) groups is 5. The lowest BCUT2D eigenvalue weighted by molar-refractivity contribution is 0.0691. The Labute approximate surface area is 497 Å². The number of carboxylic acid groups (broad SMARTS) is 1. The van der Waals surface area contributed by atoms with E-state index in [0.717, 1.165) is 96.9 Å². The fourth-order valence-corrected chi connectivity index (χ4v) is 13.8. The number of hydrogen-bond donors (Lipinski definition) is 1. The van der Waals surface area contributed by atoms with Gasteiger partial charge in [-0.05, 0) is 150 Å². The van der Waals surface area contributed by atoms with E-state index in [1.807, 2.05) is 54.6 Å². The first kappa shape index (κ1) is 55.8. The van der Waals surface area contributed by atoms with Crippen molar-refractivity contribution in [3.05, 3.63) is 175 Å². The third-order valence-electron chi connectivity index (χ3n) is 21.3. The van der Waals surface area contributed by atoms with Gasteiger partial charge in [0.2, 0.25) is 0 Å². The minimum absolute atomic E-state index is 0.0132. The molecule has 85 heavy (non-hydrogen) atoms. The molecule has 4 aliphatic rings. The molecule has 4 amide bonds. The van der Waals surface area contributed by atoms with Gasteiger partial charge in [-0.25, -0.2) is 14.6 Å². The van der Waals surface area contributed by atoms with Crippen LogP contribution in [0.4, 0.5) is 11.4 Å². The molecule has 0 saturated carbocycles. The van der Waals surface area contributed by atoms with Crippen LogP contribution >= 0.6 is 0 Å². The number of rotatable bonds is 11. The molecule has 0 atom stereocenters. The number of imide groups is 2. The lowest BCUT2D eigenvalue weighted by atomic mass is 9.70. The maximum atomic E-state index is 15.6. The fraction of sp³-hybridized carbons (Fsp3) is 0.347. The van der Waals surface area contributed by atoms with Gasteiger partial charge < -0.3 is 14.6 Å². The summed E-state index contributed by atoms with van der Waals surface area (Å²) in [5, 5.41) is 16.4. The van der Waals surface area contributed by atoms with E-state index in [0.29, 0.717) is 50.2 Å². The van der Waals surface area contributed by atoms with Gasteiger partial charge in [-0.3, -0.25) is 19.2 Å². The lowest BCUT2D eigenvalue weighted by Gasteiger charge is -2.40. The van der Waals surface area contributed by atoms with Crippen molar-refractivity contribution in [2.75, 3.05) is 9.80 Å². The molecular weight excluding hydrogens is 1060 g/mol. The Morgan fingerprint density at radius 1 is 0.412 bits per heavy atom. The molecule has 4 heterocycles. The molecule has 10 nitrogen and oxygen atoms in total. The Kier molecular flexibility index (Phi) is 11.9. The average Bonchev–Trinajstić information content (AvgIpc) is 1.44. The molecule has 4 aliphatic heterocycles. The highest BCUT2D eigenvalue weighted by atomic mass is 16.5. The molecule has 0 radical (unpaired) electrons. The van der Waals surface area contributed by atoms with Crippen LogP contribution in [-0.2, 0) is 32.5 Å². The molecule has 0 saturated heterocycles. The number of carboxylic acids is 1. The van der Waals surface area contributed by atoms with E-state index in [-0.39, 0.29) is 39.0 Å². The van der Waals surface area contributed by atoms with Crippen LogP contribution in [0.2, 0.25) is 0 Å². The van der Waals surface area contributed by atoms with E-state index in [4.69, 9.17) is 9.47 Å². The first-order valence-electron chi connectivity index (χ1n) is 30.2. The molecule has 0 bridgehead atoms. The first-order valence-corrected chi connectivity index (χ1v) is 30.2. The molecular formula is C75H74N2O8. The van der Waals surface area contributed by atoms with E-state index < -0.39 is 45.8 Å². The van der Waals surface area contributed by atoms with Gasteiger partial charge in [0.15, 0.2) is 11.5 Å². The minimum Gasteiger partial charge on any atom is -0.478 e. The number of aromatic carboxylic acids is 1. The van der Waals surface area contributed by atoms with Gasteiger partial charge >= 0.3 is 5.97 Å². The zero-order chi connectivity index (χ0) is 60.9. The van der Waals surface area contributed by atoms with Crippen LogP contribution in [-0.4, -0.2) is 34.7 Å². The summed E-state index contributed by atoms with van der Waals surface area (Å²) in [5.41, 5.74) is 7.02. The number of amides is 4. The first-order chi connectivity index (χ1) is 39.9. The van der Waals surface area contributed by atoms with Crippen molar-refractivity contribution >= 4 is 84.1 Å². The number of hydrogen-bond acceptors (Lipinski definition) is 7. The van der Waals surface area contributed by atoms with E-state index in [2.05, 4.69) is 141 Å². The number of carbonyl (C=O) groups excluding carboxylic acids is 4. The number of nitrogens with zero attached hydrogens (tertiary/aromatic N) is 2. The van der Waals surface area contributed by atoms with Gasteiger partial charge in [-0.2, -0.15) is 0 Å². The Bertz CT molecular complexity index is 4430. The lowest BCUT2D eigenvalue weighted by Crippen LogP contribution is -2.41. The zero-order valence-corrected chi connectivity index (χ0v) is 51.8. The Hall–Kier alpha value is -8.37. The van der Waals surface area contributed by atoms with Gasteiger partial charge in [0, 0.05) is 66.1 Å². The van der Waals surface area contributed by atoms with Crippen molar-refractivity contribution in [1.29, 1.82) is 0 Å². The number of anilines is 2. The van der Waals surface area contributed by atoms with Crippen LogP contribution in [0.5, 0.6) is 23.0 Å². The third kappa shape index (κ3) is 7.58. The SMILES string of the molecule is CCC(C)(C)c1ccc2c(c1)C(C)(C)c1cc(C(C)(C)CC)cc(N3C(=O)c4ccc5c6ccc7c8c(ccc(c9ccc(c4c59)C3=O)c86)C(=O)N(c3cc(C(C)(C)CC)cc4c3Oc3c(C(=O)O)cc(C(C)(C)CC)cc3C4(C)C)C7=O)c1O2. The number of benzene rings is 9. The van der Waals surface area contributed by atoms with E-state index in [1.165, 1.54) is 15.4 Å². The predicted molar refractivity (Wildman–Crippen MR) is 340 cm³/mol. The number of fused-ring (bicyclic) bond motifs is 6. The summed E-state index contributed by atoms with van der Waals surface area (Å²) in [5.74, 6) is -1.50. The molecule has 0 spiro atoms. The maximum absolute atomic E-state index is 15.6. The fourth-order valence-electron chi connectivity index (χ4n) is 13.8. The van der Waals surface area contributed by atoms with Crippen LogP contribution in [0.25, 0.3) is 43.1 Å².